The Hall–Kier alpha value is -2.52. The smallest absolute Gasteiger partial charge is 0.0652 e. The molecular weight excluding hydrogens is 342 g/mol. The van der Waals surface area contributed by atoms with Crippen molar-refractivity contribution in [3.63, 3.8) is 0 Å². The van der Waals surface area contributed by atoms with Crippen molar-refractivity contribution in [1.29, 1.82) is 0 Å². The molecule has 0 aromatic heterocycles. The van der Waals surface area contributed by atoms with Crippen LogP contribution in [0.25, 0.3) is 10.8 Å². The van der Waals surface area contributed by atoms with Gasteiger partial charge in [-0.05, 0) is 42.0 Å². The lowest BCUT2D eigenvalue weighted by Gasteiger charge is -2.35. The first-order valence-corrected chi connectivity index (χ1v) is 9.37. The Morgan fingerprint density at radius 2 is 1.54 bits per heavy atom. The van der Waals surface area contributed by atoms with Crippen molar-refractivity contribution in [1.82, 2.24) is 5.01 Å². The van der Waals surface area contributed by atoms with Gasteiger partial charge in [0.2, 0.25) is 0 Å². The van der Waals surface area contributed by atoms with Crippen LogP contribution in [0.2, 0.25) is 5.02 Å². The van der Waals surface area contributed by atoms with Gasteiger partial charge < -0.3 is 4.90 Å². The molecular formula is C22H22ClN3. The number of benzene rings is 3. The first-order valence-electron chi connectivity index (χ1n) is 8.99. The molecule has 3 nitrogen and oxygen atoms in total. The number of halogens is 1. The molecule has 0 amide bonds. The van der Waals surface area contributed by atoms with Crippen LogP contribution in [0.1, 0.15) is 12.5 Å². The van der Waals surface area contributed by atoms with Crippen molar-refractivity contribution < 1.29 is 0 Å². The van der Waals surface area contributed by atoms with Crippen LogP contribution in [0.15, 0.2) is 71.8 Å². The first-order chi connectivity index (χ1) is 12.7. The zero-order valence-corrected chi connectivity index (χ0v) is 15.7. The summed E-state index contributed by atoms with van der Waals surface area (Å²) in [4.78, 5) is 2.38. The van der Waals surface area contributed by atoms with Crippen LogP contribution in [0.4, 0.5) is 5.69 Å². The van der Waals surface area contributed by atoms with Crippen molar-refractivity contribution in [2.75, 3.05) is 31.1 Å². The van der Waals surface area contributed by atoms with E-state index >= 15 is 0 Å². The molecule has 0 unspecified atom stereocenters. The zero-order chi connectivity index (χ0) is 17.9. The summed E-state index contributed by atoms with van der Waals surface area (Å²) >= 11 is 5.99. The maximum absolute atomic E-state index is 5.99. The summed E-state index contributed by atoms with van der Waals surface area (Å²) in [5.41, 5.74) is 3.51. The lowest BCUT2D eigenvalue weighted by Crippen LogP contribution is -2.44. The second-order valence-corrected chi connectivity index (χ2v) is 7.07. The summed E-state index contributed by atoms with van der Waals surface area (Å²) in [5, 5.41) is 10.4. The largest absolute Gasteiger partial charge is 0.368 e. The summed E-state index contributed by atoms with van der Waals surface area (Å²) < 4.78 is 0. The topological polar surface area (TPSA) is 18.8 Å². The number of nitrogens with zero attached hydrogens (tertiary/aromatic N) is 3. The molecule has 26 heavy (non-hydrogen) atoms. The van der Waals surface area contributed by atoms with E-state index in [4.69, 9.17) is 16.7 Å². The van der Waals surface area contributed by atoms with E-state index in [9.17, 15) is 0 Å². The molecule has 0 bridgehead atoms. The summed E-state index contributed by atoms with van der Waals surface area (Å²) in [6.07, 6.45) is 0. The average molecular weight is 364 g/mol. The third-order valence-corrected chi connectivity index (χ3v) is 5.17. The van der Waals surface area contributed by atoms with Gasteiger partial charge in [-0.15, -0.1) is 0 Å². The van der Waals surface area contributed by atoms with Crippen LogP contribution >= 0.6 is 11.6 Å². The normalized spacial score (nSPS) is 15.5. The number of hydrogen-bond acceptors (Lipinski definition) is 3. The quantitative estimate of drug-likeness (QED) is 0.607. The molecule has 0 atom stereocenters. The third kappa shape index (κ3) is 3.54. The fraction of sp³-hybridized carbons (Fsp3) is 0.227. The van der Waals surface area contributed by atoms with E-state index in [2.05, 4.69) is 71.4 Å². The molecule has 132 valence electrons. The highest BCUT2D eigenvalue weighted by Gasteiger charge is 2.16. The molecule has 4 rings (SSSR count). The number of fused-ring (bicyclic) bond motifs is 1. The lowest BCUT2D eigenvalue weighted by molar-refractivity contribution is 0.270. The molecule has 1 fully saturated rings. The second kappa shape index (κ2) is 7.38. The highest BCUT2D eigenvalue weighted by Crippen LogP contribution is 2.21. The summed E-state index contributed by atoms with van der Waals surface area (Å²) in [6.45, 7) is 5.88. The van der Waals surface area contributed by atoms with Gasteiger partial charge in [-0.25, -0.2) is 0 Å². The maximum atomic E-state index is 5.99. The number of anilines is 1. The maximum Gasteiger partial charge on any atom is 0.0652 e. The SMILES string of the molecule is CC(=NN1CCN(c2ccc(Cl)cc2)CC1)c1cccc2ccccc12. The summed E-state index contributed by atoms with van der Waals surface area (Å²) in [6, 6.07) is 23.0. The van der Waals surface area contributed by atoms with Gasteiger partial charge in [-0.1, -0.05) is 54.1 Å². The van der Waals surface area contributed by atoms with Gasteiger partial charge in [0, 0.05) is 29.4 Å². The van der Waals surface area contributed by atoms with Crippen molar-refractivity contribution in [3.8, 4) is 0 Å². The van der Waals surface area contributed by atoms with Crippen molar-refractivity contribution in [2.45, 2.75) is 6.92 Å². The van der Waals surface area contributed by atoms with Crippen molar-refractivity contribution in [3.05, 3.63) is 77.3 Å². The van der Waals surface area contributed by atoms with E-state index in [-0.39, 0.29) is 0 Å². The lowest BCUT2D eigenvalue weighted by atomic mass is 10.0. The zero-order valence-electron chi connectivity index (χ0n) is 14.9. The Bertz CT molecular complexity index is 920. The van der Waals surface area contributed by atoms with E-state index in [1.165, 1.54) is 22.0 Å². The Kier molecular flexibility index (Phi) is 4.81. The van der Waals surface area contributed by atoms with Crippen LogP contribution in [-0.4, -0.2) is 36.9 Å². The minimum Gasteiger partial charge on any atom is -0.368 e. The molecule has 0 radical (unpaired) electrons. The molecule has 1 heterocycles. The Morgan fingerprint density at radius 1 is 0.846 bits per heavy atom. The molecule has 0 spiro atoms. The molecule has 0 saturated carbocycles. The summed E-state index contributed by atoms with van der Waals surface area (Å²) in [7, 11) is 0. The molecule has 1 saturated heterocycles. The highest BCUT2D eigenvalue weighted by atomic mass is 35.5. The molecule has 1 aliphatic rings. The number of hydrogen-bond donors (Lipinski definition) is 0. The fourth-order valence-corrected chi connectivity index (χ4v) is 3.64. The van der Waals surface area contributed by atoms with Crippen LogP contribution in [0, 0.1) is 0 Å². The molecule has 3 aromatic carbocycles. The van der Waals surface area contributed by atoms with E-state index < -0.39 is 0 Å². The van der Waals surface area contributed by atoms with E-state index in [1.54, 1.807) is 0 Å². The Labute approximate surface area is 159 Å². The summed E-state index contributed by atoms with van der Waals surface area (Å²) in [5.74, 6) is 0. The fourth-order valence-electron chi connectivity index (χ4n) is 3.51. The first kappa shape index (κ1) is 16.9. The predicted molar refractivity (Wildman–Crippen MR) is 111 cm³/mol. The Balaban J connectivity index is 1.48. The second-order valence-electron chi connectivity index (χ2n) is 6.63. The average Bonchev–Trinajstić information content (AvgIpc) is 2.69. The Morgan fingerprint density at radius 3 is 2.31 bits per heavy atom. The molecule has 1 aliphatic heterocycles. The number of rotatable bonds is 3. The van der Waals surface area contributed by atoms with E-state index in [0.29, 0.717) is 0 Å². The predicted octanol–water partition coefficient (Wildman–Crippen LogP) is 5.04. The molecule has 0 N–H and O–H groups in total. The van der Waals surface area contributed by atoms with Crippen molar-refractivity contribution >= 4 is 33.8 Å². The molecule has 4 heteroatoms. The van der Waals surface area contributed by atoms with Gasteiger partial charge >= 0.3 is 0 Å². The van der Waals surface area contributed by atoms with E-state index in [0.717, 1.165) is 36.9 Å². The minimum absolute atomic E-state index is 0.780. The van der Waals surface area contributed by atoms with Gasteiger partial charge in [0.15, 0.2) is 0 Å². The van der Waals surface area contributed by atoms with E-state index in [1.807, 2.05) is 12.1 Å². The van der Waals surface area contributed by atoms with Crippen LogP contribution in [0.3, 0.4) is 0 Å². The third-order valence-electron chi connectivity index (χ3n) is 4.92. The monoisotopic (exact) mass is 363 g/mol. The minimum atomic E-state index is 0.780. The standard InChI is InChI=1S/C22H22ClN3/c1-17(21-8-4-6-18-5-2-3-7-22(18)21)24-26-15-13-25(14-16-26)20-11-9-19(23)10-12-20/h2-12H,13-16H2,1H3. The van der Waals surface area contributed by atoms with Crippen LogP contribution in [-0.2, 0) is 0 Å². The molecule has 0 aliphatic carbocycles. The highest BCUT2D eigenvalue weighted by molar-refractivity contribution is 6.30. The number of piperazine rings is 1. The van der Waals surface area contributed by atoms with Gasteiger partial charge in [-0.2, -0.15) is 5.10 Å². The van der Waals surface area contributed by atoms with Gasteiger partial charge in [0.25, 0.3) is 0 Å². The van der Waals surface area contributed by atoms with Gasteiger partial charge in [0.1, 0.15) is 0 Å². The number of hydrazone groups is 1. The van der Waals surface area contributed by atoms with Gasteiger partial charge in [0.05, 0.1) is 18.8 Å². The van der Waals surface area contributed by atoms with Crippen LogP contribution in [0.5, 0.6) is 0 Å². The molecule has 3 aromatic rings. The van der Waals surface area contributed by atoms with Crippen molar-refractivity contribution in [2.24, 2.45) is 5.10 Å². The van der Waals surface area contributed by atoms with Crippen LogP contribution < -0.4 is 4.90 Å². The van der Waals surface area contributed by atoms with Gasteiger partial charge in [-0.3, -0.25) is 5.01 Å².